The molecule has 1 aliphatic rings. The van der Waals surface area contributed by atoms with Crippen molar-refractivity contribution in [1.29, 1.82) is 0 Å². The van der Waals surface area contributed by atoms with Crippen LogP contribution in [0.3, 0.4) is 0 Å². The summed E-state index contributed by atoms with van der Waals surface area (Å²) in [5, 5.41) is 2.51. The summed E-state index contributed by atoms with van der Waals surface area (Å²) >= 11 is 0. The number of nitrogens with one attached hydrogen (secondary N) is 1. The number of likely N-dealkylation sites (tertiary alicyclic amines) is 1. The van der Waals surface area contributed by atoms with E-state index in [1.807, 2.05) is 0 Å². The van der Waals surface area contributed by atoms with Crippen LogP contribution in [0.1, 0.15) is 36.0 Å². The van der Waals surface area contributed by atoms with Crippen molar-refractivity contribution in [2.75, 3.05) is 25.5 Å². The lowest BCUT2D eigenvalue weighted by atomic mass is 10.2. The molecule has 0 unspecified atom stereocenters. The van der Waals surface area contributed by atoms with Crippen molar-refractivity contribution >= 4 is 23.5 Å². The van der Waals surface area contributed by atoms with Gasteiger partial charge in [0, 0.05) is 13.1 Å². The highest BCUT2D eigenvalue weighted by Gasteiger charge is 2.24. The standard InChI is InChI=1S/C16H20N2O4/c1-22-16(21)12-8-4-5-9-13(12)17-14(19)15(20)18-10-6-2-3-7-11-18/h4-5,8-9H,2-3,6-7,10-11H2,1H3,(H,17,19). The fourth-order valence-electron chi connectivity index (χ4n) is 2.47. The number of hydrogen-bond acceptors (Lipinski definition) is 4. The average Bonchev–Trinajstić information content (AvgIpc) is 2.83. The molecule has 0 saturated carbocycles. The summed E-state index contributed by atoms with van der Waals surface area (Å²) in [5.74, 6) is -1.84. The Morgan fingerprint density at radius 2 is 1.68 bits per heavy atom. The number of carbonyl (C=O) groups excluding carboxylic acids is 3. The van der Waals surface area contributed by atoms with E-state index in [4.69, 9.17) is 0 Å². The number of benzene rings is 1. The highest BCUT2D eigenvalue weighted by atomic mass is 16.5. The van der Waals surface area contributed by atoms with Gasteiger partial charge in [-0.15, -0.1) is 0 Å². The van der Waals surface area contributed by atoms with E-state index in [1.165, 1.54) is 13.2 Å². The number of ether oxygens (including phenoxy) is 1. The van der Waals surface area contributed by atoms with Gasteiger partial charge in [-0.25, -0.2) is 4.79 Å². The normalized spacial score (nSPS) is 14.9. The number of rotatable bonds is 2. The van der Waals surface area contributed by atoms with Gasteiger partial charge in [0.15, 0.2) is 0 Å². The number of carbonyl (C=O) groups is 3. The molecule has 1 heterocycles. The van der Waals surface area contributed by atoms with Crippen LogP contribution in [-0.2, 0) is 14.3 Å². The van der Waals surface area contributed by atoms with Crippen LogP contribution < -0.4 is 5.32 Å². The van der Waals surface area contributed by atoms with Gasteiger partial charge in [0.1, 0.15) is 0 Å². The van der Waals surface area contributed by atoms with E-state index in [2.05, 4.69) is 10.1 Å². The highest BCUT2D eigenvalue weighted by molar-refractivity contribution is 6.39. The van der Waals surface area contributed by atoms with Crippen LogP contribution >= 0.6 is 0 Å². The number of anilines is 1. The lowest BCUT2D eigenvalue weighted by molar-refractivity contribution is -0.143. The molecule has 1 aromatic carbocycles. The lowest BCUT2D eigenvalue weighted by Crippen LogP contribution is -2.40. The van der Waals surface area contributed by atoms with Gasteiger partial charge < -0.3 is 15.0 Å². The van der Waals surface area contributed by atoms with Gasteiger partial charge in [0.05, 0.1) is 18.4 Å². The van der Waals surface area contributed by atoms with Crippen molar-refractivity contribution in [2.24, 2.45) is 0 Å². The van der Waals surface area contributed by atoms with E-state index in [9.17, 15) is 14.4 Å². The average molecular weight is 304 g/mol. The topological polar surface area (TPSA) is 75.7 Å². The molecular weight excluding hydrogens is 284 g/mol. The Labute approximate surface area is 129 Å². The number of amides is 2. The van der Waals surface area contributed by atoms with Gasteiger partial charge >= 0.3 is 17.8 Å². The first-order valence-electron chi connectivity index (χ1n) is 7.41. The minimum absolute atomic E-state index is 0.224. The van der Waals surface area contributed by atoms with Crippen LogP contribution in [0, 0.1) is 0 Å². The molecule has 0 aromatic heterocycles. The maximum Gasteiger partial charge on any atom is 0.339 e. The Hall–Kier alpha value is -2.37. The Kier molecular flexibility index (Phi) is 5.52. The second kappa shape index (κ2) is 7.59. The van der Waals surface area contributed by atoms with Crippen LogP contribution in [0.15, 0.2) is 24.3 Å². The van der Waals surface area contributed by atoms with E-state index >= 15 is 0 Å². The summed E-state index contributed by atoms with van der Waals surface area (Å²) in [6.45, 7) is 1.20. The zero-order chi connectivity index (χ0) is 15.9. The molecule has 1 aromatic rings. The Morgan fingerprint density at radius 1 is 1.05 bits per heavy atom. The first-order valence-corrected chi connectivity index (χ1v) is 7.41. The summed E-state index contributed by atoms with van der Waals surface area (Å²) in [6, 6.07) is 6.45. The molecule has 22 heavy (non-hydrogen) atoms. The monoisotopic (exact) mass is 304 g/mol. The first-order chi connectivity index (χ1) is 10.6. The predicted octanol–water partition coefficient (Wildman–Crippen LogP) is 1.81. The highest BCUT2D eigenvalue weighted by Crippen LogP contribution is 2.16. The second-order valence-corrected chi connectivity index (χ2v) is 5.20. The summed E-state index contributed by atoms with van der Waals surface area (Å²) < 4.78 is 4.67. The van der Waals surface area contributed by atoms with Crippen molar-refractivity contribution in [3.63, 3.8) is 0 Å². The van der Waals surface area contributed by atoms with Crippen LogP contribution in [0.25, 0.3) is 0 Å². The molecule has 1 fully saturated rings. The molecule has 0 bridgehead atoms. The third-order valence-corrected chi connectivity index (χ3v) is 3.67. The number of methoxy groups -OCH3 is 1. The minimum atomic E-state index is -0.724. The number of hydrogen-bond donors (Lipinski definition) is 1. The van der Waals surface area contributed by atoms with Gasteiger partial charge in [0.2, 0.25) is 0 Å². The fourth-order valence-corrected chi connectivity index (χ4v) is 2.47. The zero-order valence-electron chi connectivity index (χ0n) is 12.6. The summed E-state index contributed by atoms with van der Waals surface area (Å²) in [7, 11) is 1.27. The van der Waals surface area contributed by atoms with Crippen LogP contribution in [0.5, 0.6) is 0 Å². The molecule has 118 valence electrons. The molecule has 1 saturated heterocycles. The smallest absolute Gasteiger partial charge is 0.339 e. The Bertz CT molecular complexity index is 563. The third kappa shape index (κ3) is 3.84. The van der Waals surface area contributed by atoms with Crippen LogP contribution in [-0.4, -0.2) is 42.9 Å². The third-order valence-electron chi connectivity index (χ3n) is 3.67. The molecule has 0 spiro atoms. The SMILES string of the molecule is COC(=O)c1ccccc1NC(=O)C(=O)N1CCCCCC1. The molecule has 0 aliphatic carbocycles. The number of para-hydroxylation sites is 1. The van der Waals surface area contributed by atoms with Gasteiger partial charge in [-0.3, -0.25) is 9.59 Å². The molecule has 0 radical (unpaired) electrons. The van der Waals surface area contributed by atoms with E-state index < -0.39 is 17.8 Å². The molecule has 6 heteroatoms. The van der Waals surface area contributed by atoms with Crippen LogP contribution in [0.4, 0.5) is 5.69 Å². The van der Waals surface area contributed by atoms with Crippen molar-refractivity contribution < 1.29 is 19.1 Å². The van der Waals surface area contributed by atoms with E-state index in [-0.39, 0.29) is 11.3 Å². The van der Waals surface area contributed by atoms with E-state index in [0.29, 0.717) is 13.1 Å². The largest absolute Gasteiger partial charge is 0.465 e. The zero-order valence-corrected chi connectivity index (χ0v) is 12.6. The summed E-state index contributed by atoms with van der Waals surface area (Å²) in [6.07, 6.45) is 3.99. The summed E-state index contributed by atoms with van der Waals surface area (Å²) in [5.41, 5.74) is 0.504. The van der Waals surface area contributed by atoms with Gasteiger partial charge in [-0.2, -0.15) is 0 Å². The van der Waals surface area contributed by atoms with E-state index in [0.717, 1.165) is 25.7 Å². The predicted molar refractivity (Wildman–Crippen MR) is 81.5 cm³/mol. The van der Waals surface area contributed by atoms with Crippen molar-refractivity contribution in [3.05, 3.63) is 29.8 Å². The Balaban J connectivity index is 2.08. The van der Waals surface area contributed by atoms with Crippen LogP contribution in [0.2, 0.25) is 0 Å². The van der Waals surface area contributed by atoms with Crippen molar-refractivity contribution in [1.82, 2.24) is 4.90 Å². The molecular formula is C16H20N2O4. The summed E-state index contributed by atoms with van der Waals surface area (Å²) in [4.78, 5) is 37.6. The number of esters is 1. The molecule has 6 nitrogen and oxygen atoms in total. The maximum atomic E-state index is 12.2. The lowest BCUT2D eigenvalue weighted by Gasteiger charge is -2.19. The number of nitrogens with zero attached hydrogens (tertiary/aromatic N) is 1. The Morgan fingerprint density at radius 3 is 2.32 bits per heavy atom. The van der Waals surface area contributed by atoms with Crippen molar-refractivity contribution in [2.45, 2.75) is 25.7 Å². The second-order valence-electron chi connectivity index (χ2n) is 5.20. The molecule has 2 rings (SSSR count). The first kappa shape index (κ1) is 16.0. The maximum absolute atomic E-state index is 12.2. The fraction of sp³-hybridized carbons (Fsp3) is 0.438. The minimum Gasteiger partial charge on any atom is -0.465 e. The molecule has 2 amide bonds. The van der Waals surface area contributed by atoms with Gasteiger partial charge in [-0.05, 0) is 25.0 Å². The van der Waals surface area contributed by atoms with Gasteiger partial charge in [0.25, 0.3) is 0 Å². The van der Waals surface area contributed by atoms with E-state index in [1.54, 1.807) is 23.1 Å². The molecule has 1 N–H and O–H groups in total. The molecule has 1 aliphatic heterocycles. The molecule has 0 atom stereocenters. The van der Waals surface area contributed by atoms with Crippen molar-refractivity contribution in [3.8, 4) is 0 Å². The van der Waals surface area contributed by atoms with Gasteiger partial charge in [-0.1, -0.05) is 25.0 Å². The quantitative estimate of drug-likeness (QED) is 0.668.